The zero-order valence-corrected chi connectivity index (χ0v) is 28.9. The van der Waals surface area contributed by atoms with Gasteiger partial charge >= 0.3 is 13.2 Å². The lowest BCUT2D eigenvalue weighted by Gasteiger charge is -2.64. The van der Waals surface area contributed by atoms with E-state index in [1.807, 2.05) is 31.2 Å². The van der Waals surface area contributed by atoms with E-state index in [1.165, 1.54) is 0 Å². The average molecular weight is 648 g/mol. The van der Waals surface area contributed by atoms with Gasteiger partial charge in [0.05, 0.1) is 49.2 Å². The maximum absolute atomic E-state index is 13.6. The third-order valence-electron chi connectivity index (χ3n) is 11.4. The van der Waals surface area contributed by atoms with Gasteiger partial charge in [-0.05, 0) is 72.8 Å². The standard InChI is InChI=1S/C36H50BN3O7/c1-22(17-34(2,3)4)27(18-38)32(41)40-12-13-43-20-25(40)21-45-33(42)39-31(14-23-19-44-28-11-9-8-10-26(23)28)37-46-30-16-24-15-29(35(24,5)6)36(30,7)47-37/h8-11,19,22,24-25,27,29-31H,12-17,20-21H2,1-7H3,(H,39,42)/t22?,24-,25+,27?,29-,30+,31-,36-/m0/s1. The smallest absolute Gasteiger partial charge is 0.464 e. The lowest BCUT2D eigenvalue weighted by molar-refractivity contribution is -0.199. The molecule has 1 N–H and O–H groups in total. The molecule has 10 nitrogen and oxygen atoms in total. The predicted octanol–water partition coefficient (Wildman–Crippen LogP) is 5.78. The predicted molar refractivity (Wildman–Crippen MR) is 177 cm³/mol. The van der Waals surface area contributed by atoms with Gasteiger partial charge in [0.15, 0.2) is 0 Å². The minimum Gasteiger partial charge on any atom is -0.464 e. The first kappa shape index (κ1) is 33.8. The SMILES string of the molecule is CC(CC(C)(C)C)C(C#N)C(=O)N1CCOC[C@@H]1COC(=O)N[C@@H](Cc1coc2ccccc12)B1O[C@@H]2C[C@@H]3C[C@@H](C3(C)C)[C@]2(C)O1. The number of benzene rings is 1. The first-order valence-corrected chi connectivity index (χ1v) is 17.2. The van der Waals surface area contributed by atoms with Crippen LogP contribution in [0.15, 0.2) is 34.9 Å². The van der Waals surface area contributed by atoms with E-state index in [1.54, 1.807) is 11.2 Å². The number of alkyl carbamates (subject to hydrolysis) is 1. The molecule has 3 heterocycles. The van der Waals surface area contributed by atoms with Gasteiger partial charge in [-0.1, -0.05) is 59.7 Å². The van der Waals surface area contributed by atoms with Crippen molar-refractivity contribution in [2.75, 3.05) is 26.4 Å². The zero-order chi connectivity index (χ0) is 33.7. The molecule has 2 aromatic rings. The van der Waals surface area contributed by atoms with Crippen LogP contribution in [0, 0.1) is 45.8 Å². The molecule has 2 unspecified atom stereocenters. The van der Waals surface area contributed by atoms with Crippen molar-refractivity contribution in [1.29, 1.82) is 5.26 Å². The minimum absolute atomic E-state index is 0.0157. The molecule has 2 bridgehead atoms. The van der Waals surface area contributed by atoms with Crippen molar-refractivity contribution in [2.24, 2.45) is 34.5 Å². The number of nitrogens with zero attached hydrogens (tertiary/aromatic N) is 2. The zero-order valence-electron chi connectivity index (χ0n) is 28.9. The first-order chi connectivity index (χ1) is 22.2. The highest BCUT2D eigenvalue weighted by molar-refractivity contribution is 6.48. The van der Waals surface area contributed by atoms with Gasteiger partial charge in [0, 0.05) is 11.9 Å². The summed E-state index contributed by atoms with van der Waals surface area (Å²) in [6, 6.07) is 9.57. The number of fused-ring (bicyclic) bond motifs is 1. The molecular weight excluding hydrogens is 597 g/mol. The number of nitriles is 1. The van der Waals surface area contributed by atoms with Crippen LogP contribution in [0.25, 0.3) is 11.0 Å². The number of ether oxygens (including phenoxy) is 2. The molecule has 0 radical (unpaired) electrons. The number of carbonyl (C=O) groups excluding carboxylic acids is 2. The maximum Gasteiger partial charge on any atom is 0.482 e. The summed E-state index contributed by atoms with van der Waals surface area (Å²) in [5, 5.41) is 14.0. The lowest BCUT2D eigenvalue weighted by atomic mass is 9.43. The van der Waals surface area contributed by atoms with Crippen LogP contribution < -0.4 is 5.32 Å². The van der Waals surface area contributed by atoms with E-state index in [9.17, 15) is 14.9 Å². The summed E-state index contributed by atoms with van der Waals surface area (Å²) >= 11 is 0. The molecule has 3 saturated carbocycles. The minimum atomic E-state index is -0.782. The molecule has 47 heavy (non-hydrogen) atoms. The Kier molecular flexibility index (Phi) is 9.18. The van der Waals surface area contributed by atoms with Gasteiger partial charge in [-0.25, -0.2) is 4.79 Å². The van der Waals surface area contributed by atoms with Crippen LogP contribution in [0.1, 0.15) is 73.3 Å². The number of furan rings is 1. The number of morpholine rings is 1. The van der Waals surface area contributed by atoms with Crippen LogP contribution in [-0.4, -0.2) is 74.1 Å². The summed E-state index contributed by atoms with van der Waals surface area (Å²) in [7, 11) is -0.668. The van der Waals surface area contributed by atoms with Crippen LogP contribution in [-0.2, 0) is 30.0 Å². The normalized spacial score (nSPS) is 30.1. The molecule has 5 aliphatic rings. The van der Waals surface area contributed by atoms with E-state index in [0.29, 0.717) is 31.4 Å². The summed E-state index contributed by atoms with van der Waals surface area (Å²) in [5.41, 5.74) is 1.44. The quantitative estimate of drug-likeness (QED) is 0.340. The Morgan fingerprint density at radius 3 is 2.70 bits per heavy atom. The maximum atomic E-state index is 13.6. The second kappa shape index (κ2) is 12.8. The molecule has 7 rings (SSSR count). The number of nitrogens with one attached hydrogen (secondary N) is 1. The summed E-state index contributed by atoms with van der Waals surface area (Å²) in [4.78, 5) is 28.8. The molecular formula is C36H50BN3O7. The first-order valence-electron chi connectivity index (χ1n) is 17.2. The van der Waals surface area contributed by atoms with Crippen LogP contribution in [0.4, 0.5) is 4.79 Å². The Morgan fingerprint density at radius 2 is 1.98 bits per heavy atom. The molecule has 5 fully saturated rings. The highest BCUT2D eigenvalue weighted by atomic mass is 16.7. The highest BCUT2D eigenvalue weighted by Crippen LogP contribution is 2.65. The van der Waals surface area contributed by atoms with Gasteiger partial charge in [-0.2, -0.15) is 5.26 Å². The van der Waals surface area contributed by atoms with E-state index in [4.69, 9.17) is 23.2 Å². The lowest BCUT2D eigenvalue weighted by Crippen LogP contribution is -2.65. The second-order valence-electron chi connectivity index (χ2n) is 16.3. The number of hydrogen-bond donors (Lipinski definition) is 1. The Hall–Kier alpha value is -3.07. The Balaban J connectivity index is 1.15. The molecule has 8 atom stereocenters. The van der Waals surface area contributed by atoms with Crippen molar-refractivity contribution in [3.63, 3.8) is 0 Å². The van der Waals surface area contributed by atoms with E-state index < -0.39 is 36.7 Å². The Labute approximate surface area is 278 Å². The largest absolute Gasteiger partial charge is 0.482 e. The Bertz CT molecular complexity index is 1510. The molecule has 254 valence electrons. The molecule has 1 aromatic heterocycles. The van der Waals surface area contributed by atoms with Crippen LogP contribution >= 0.6 is 0 Å². The van der Waals surface area contributed by atoms with Gasteiger partial charge in [0.2, 0.25) is 5.91 Å². The van der Waals surface area contributed by atoms with Gasteiger partial charge in [-0.15, -0.1) is 0 Å². The molecule has 2 amide bonds. The molecule has 11 heteroatoms. The van der Waals surface area contributed by atoms with Crippen molar-refractivity contribution in [3.8, 4) is 6.07 Å². The summed E-state index contributed by atoms with van der Waals surface area (Å²) in [5.74, 6) is -0.709. The van der Waals surface area contributed by atoms with Gasteiger partial charge < -0.3 is 33.4 Å². The third-order valence-corrected chi connectivity index (χ3v) is 11.4. The summed E-state index contributed by atoms with van der Waals surface area (Å²) < 4.78 is 30.6. The highest BCUT2D eigenvalue weighted by Gasteiger charge is 2.68. The van der Waals surface area contributed by atoms with Crippen molar-refractivity contribution >= 4 is 30.1 Å². The van der Waals surface area contributed by atoms with E-state index in [2.05, 4.69) is 52.9 Å². The summed E-state index contributed by atoms with van der Waals surface area (Å²) in [6.07, 6.45) is 4.28. The number of amides is 2. The van der Waals surface area contributed by atoms with E-state index in [0.717, 1.165) is 35.8 Å². The second-order valence-corrected chi connectivity index (χ2v) is 16.3. The molecule has 0 spiro atoms. The summed E-state index contributed by atoms with van der Waals surface area (Å²) in [6.45, 7) is 15.9. The van der Waals surface area contributed by atoms with Crippen LogP contribution in [0.2, 0.25) is 0 Å². The Morgan fingerprint density at radius 1 is 1.21 bits per heavy atom. The average Bonchev–Trinajstić information content (AvgIpc) is 3.59. The molecule has 1 aromatic carbocycles. The van der Waals surface area contributed by atoms with Crippen molar-refractivity contribution in [2.45, 2.75) is 97.8 Å². The fraction of sp³-hybridized carbons (Fsp3) is 0.694. The fourth-order valence-corrected chi connectivity index (χ4v) is 8.85. The van der Waals surface area contributed by atoms with E-state index in [-0.39, 0.29) is 42.0 Å². The molecule has 2 saturated heterocycles. The van der Waals surface area contributed by atoms with Crippen molar-refractivity contribution < 1.29 is 32.8 Å². The fourth-order valence-electron chi connectivity index (χ4n) is 8.85. The van der Waals surface area contributed by atoms with Crippen molar-refractivity contribution in [1.82, 2.24) is 10.2 Å². The number of hydrogen-bond acceptors (Lipinski definition) is 8. The van der Waals surface area contributed by atoms with Crippen LogP contribution in [0.5, 0.6) is 0 Å². The van der Waals surface area contributed by atoms with E-state index >= 15 is 0 Å². The number of carbonyl (C=O) groups is 2. The topological polar surface area (TPSA) is 123 Å². The number of para-hydroxylation sites is 1. The molecule has 2 aliphatic heterocycles. The number of rotatable bonds is 9. The van der Waals surface area contributed by atoms with Gasteiger partial charge in [0.1, 0.15) is 18.1 Å². The van der Waals surface area contributed by atoms with Gasteiger partial charge in [0.25, 0.3) is 0 Å². The third kappa shape index (κ3) is 6.53. The molecule has 3 aliphatic carbocycles. The van der Waals surface area contributed by atoms with Crippen molar-refractivity contribution in [3.05, 3.63) is 36.1 Å². The monoisotopic (exact) mass is 647 g/mol. The van der Waals surface area contributed by atoms with Gasteiger partial charge in [-0.3, -0.25) is 4.79 Å². The van der Waals surface area contributed by atoms with Crippen LogP contribution in [0.3, 0.4) is 0 Å².